The van der Waals surface area contributed by atoms with Crippen molar-refractivity contribution in [3.8, 4) is 6.07 Å². The van der Waals surface area contributed by atoms with Crippen molar-refractivity contribution < 1.29 is 14.6 Å². The molecule has 24 heavy (non-hydrogen) atoms. The lowest BCUT2D eigenvalue weighted by molar-refractivity contribution is -0.163. The fraction of sp³-hybridized carbons (Fsp3) is 0.438. The molecule has 0 bridgehead atoms. The maximum Gasteiger partial charge on any atom is 0.342 e. The highest BCUT2D eigenvalue weighted by Crippen LogP contribution is 2.46. The SMILES string of the molecule is CCN(CC)C1=C(C#N)C[C@@](O)(C(=O)OC)c2cc(Cl)nc(Cl)c21. The summed E-state index contributed by atoms with van der Waals surface area (Å²) in [4.78, 5) is 18.2. The van der Waals surface area contributed by atoms with E-state index < -0.39 is 11.6 Å². The van der Waals surface area contributed by atoms with Gasteiger partial charge in [0.1, 0.15) is 10.3 Å². The maximum absolute atomic E-state index is 12.2. The van der Waals surface area contributed by atoms with Gasteiger partial charge in [0.25, 0.3) is 0 Å². The number of methoxy groups -OCH3 is 1. The van der Waals surface area contributed by atoms with Crippen LogP contribution in [0.5, 0.6) is 0 Å². The summed E-state index contributed by atoms with van der Waals surface area (Å²) in [5.74, 6) is -0.881. The first-order valence-corrected chi connectivity index (χ1v) is 8.15. The lowest BCUT2D eigenvalue weighted by Gasteiger charge is -2.37. The van der Waals surface area contributed by atoms with Crippen molar-refractivity contribution in [2.45, 2.75) is 25.9 Å². The number of carbonyl (C=O) groups is 1. The number of ether oxygens (including phenoxy) is 1. The number of hydrogen-bond donors (Lipinski definition) is 1. The Balaban J connectivity index is 2.88. The molecule has 1 aromatic heterocycles. The molecule has 0 aromatic carbocycles. The summed E-state index contributed by atoms with van der Waals surface area (Å²) < 4.78 is 4.73. The molecule has 0 radical (unpaired) electrons. The quantitative estimate of drug-likeness (QED) is 0.648. The molecular formula is C16H17Cl2N3O3. The molecule has 2 rings (SSSR count). The molecule has 0 unspecified atom stereocenters. The van der Waals surface area contributed by atoms with Gasteiger partial charge in [0.15, 0.2) is 5.60 Å². The Kier molecular flexibility index (Phi) is 5.38. The van der Waals surface area contributed by atoms with Crippen LogP contribution >= 0.6 is 23.2 Å². The van der Waals surface area contributed by atoms with Crippen LogP contribution in [0.3, 0.4) is 0 Å². The Morgan fingerprint density at radius 3 is 2.62 bits per heavy atom. The Hall–Kier alpha value is -1.81. The van der Waals surface area contributed by atoms with Gasteiger partial charge in [-0.05, 0) is 19.9 Å². The standard InChI is InChI=1S/C16H17Cl2N3O3/c1-4-21(5-2)13-9(8-19)7-16(23,15(22)24-3)10-6-11(17)20-14(18)12(10)13/h6,23H,4-5,7H2,1-3H3/t16-/m0/s1. The molecule has 1 N–H and O–H groups in total. The molecule has 0 saturated heterocycles. The number of nitrogens with zero attached hydrogens (tertiary/aromatic N) is 3. The molecule has 1 atom stereocenters. The lowest BCUT2D eigenvalue weighted by Crippen LogP contribution is -2.42. The third kappa shape index (κ3) is 2.84. The van der Waals surface area contributed by atoms with E-state index in [2.05, 4.69) is 11.1 Å². The number of hydrogen-bond acceptors (Lipinski definition) is 6. The third-order valence-corrected chi connectivity index (χ3v) is 4.55. The van der Waals surface area contributed by atoms with E-state index in [1.54, 1.807) is 0 Å². The van der Waals surface area contributed by atoms with Crippen LogP contribution in [0.25, 0.3) is 5.70 Å². The third-order valence-electron chi connectivity index (χ3n) is 4.08. The molecular weight excluding hydrogens is 353 g/mol. The lowest BCUT2D eigenvalue weighted by atomic mass is 9.78. The van der Waals surface area contributed by atoms with Crippen LogP contribution in [0.15, 0.2) is 11.6 Å². The van der Waals surface area contributed by atoms with Crippen LogP contribution in [0, 0.1) is 11.3 Å². The molecule has 1 heterocycles. The van der Waals surface area contributed by atoms with Gasteiger partial charge >= 0.3 is 5.97 Å². The van der Waals surface area contributed by atoms with E-state index in [1.165, 1.54) is 13.2 Å². The second-order valence-electron chi connectivity index (χ2n) is 5.30. The first-order chi connectivity index (χ1) is 11.3. The van der Waals surface area contributed by atoms with Gasteiger partial charge < -0.3 is 14.7 Å². The summed E-state index contributed by atoms with van der Waals surface area (Å²) in [6.45, 7) is 5.10. The highest BCUT2D eigenvalue weighted by atomic mass is 35.5. The summed E-state index contributed by atoms with van der Waals surface area (Å²) in [6, 6.07) is 3.46. The normalized spacial score (nSPS) is 19.5. The van der Waals surface area contributed by atoms with E-state index >= 15 is 0 Å². The first kappa shape index (κ1) is 18.5. The van der Waals surface area contributed by atoms with E-state index in [9.17, 15) is 15.2 Å². The van der Waals surface area contributed by atoms with Gasteiger partial charge in [-0.15, -0.1) is 0 Å². The molecule has 1 aliphatic rings. The molecule has 1 aliphatic carbocycles. The number of aliphatic hydroxyl groups is 1. The molecule has 1 aromatic rings. The highest BCUT2D eigenvalue weighted by molar-refractivity contribution is 6.34. The fourth-order valence-electron chi connectivity index (χ4n) is 2.95. The van der Waals surface area contributed by atoms with Crippen molar-refractivity contribution in [1.29, 1.82) is 5.26 Å². The van der Waals surface area contributed by atoms with Crippen LogP contribution in [0.4, 0.5) is 0 Å². The molecule has 0 fully saturated rings. The number of fused-ring (bicyclic) bond motifs is 1. The maximum atomic E-state index is 12.2. The van der Waals surface area contributed by atoms with E-state index in [0.29, 0.717) is 24.4 Å². The number of carbonyl (C=O) groups excluding carboxylic acids is 1. The molecule has 0 saturated carbocycles. The van der Waals surface area contributed by atoms with Crippen molar-refractivity contribution in [3.63, 3.8) is 0 Å². The van der Waals surface area contributed by atoms with E-state index in [1.807, 2.05) is 18.7 Å². The minimum atomic E-state index is -2.04. The molecule has 6 nitrogen and oxygen atoms in total. The van der Waals surface area contributed by atoms with Gasteiger partial charge in [0, 0.05) is 30.6 Å². The highest BCUT2D eigenvalue weighted by Gasteiger charge is 2.47. The fourth-order valence-corrected chi connectivity index (χ4v) is 3.47. The molecule has 0 spiro atoms. The van der Waals surface area contributed by atoms with Crippen molar-refractivity contribution >= 4 is 34.9 Å². The van der Waals surface area contributed by atoms with Crippen LogP contribution in [0.1, 0.15) is 31.4 Å². The van der Waals surface area contributed by atoms with Gasteiger partial charge in [-0.3, -0.25) is 0 Å². The Morgan fingerprint density at radius 2 is 2.12 bits per heavy atom. The number of rotatable bonds is 4. The topological polar surface area (TPSA) is 86.5 Å². The van der Waals surface area contributed by atoms with E-state index in [0.717, 1.165) is 0 Å². The van der Waals surface area contributed by atoms with Gasteiger partial charge in [0.2, 0.25) is 0 Å². The second-order valence-corrected chi connectivity index (χ2v) is 6.04. The molecule has 0 aliphatic heterocycles. The minimum absolute atomic E-state index is 0.0224. The summed E-state index contributed by atoms with van der Waals surface area (Å²) in [5.41, 5.74) is -0.715. The Bertz CT molecular complexity index is 754. The van der Waals surface area contributed by atoms with Gasteiger partial charge in [-0.2, -0.15) is 5.26 Å². The summed E-state index contributed by atoms with van der Waals surface area (Å²) in [7, 11) is 1.17. The zero-order valence-electron chi connectivity index (χ0n) is 13.6. The van der Waals surface area contributed by atoms with E-state index in [-0.39, 0.29) is 27.9 Å². The predicted octanol–water partition coefficient (Wildman–Crippen LogP) is 2.73. The van der Waals surface area contributed by atoms with Crippen molar-refractivity contribution in [2.24, 2.45) is 0 Å². The van der Waals surface area contributed by atoms with Gasteiger partial charge in [-0.1, -0.05) is 23.2 Å². The van der Waals surface area contributed by atoms with Crippen LogP contribution in [-0.2, 0) is 15.1 Å². The van der Waals surface area contributed by atoms with Crippen LogP contribution in [-0.4, -0.2) is 41.2 Å². The number of pyridine rings is 1. The Labute approximate surface area is 150 Å². The largest absolute Gasteiger partial charge is 0.467 e. The number of esters is 1. The zero-order valence-corrected chi connectivity index (χ0v) is 15.1. The molecule has 128 valence electrons. The monoisotopic (exact) mass is 369 g/mol. The van der Waals surface area contributed by atoms with Crippen LogP contribution in [0.2, 0.25) is 10.3 Å². The summed E-state index contributed by atoms with van der Waals surface area (Å²) in [6.07, 6.45) is -0.217. The number of aromatic nitrogens is 1. The van der Waals surface area contributed by atoms with E-state index in [4.69, 9.17) is 27.9 Å². The van der Waals surface area contributed by atoms with Crippen LogP contribution < -0.4 is 0 Å². The minimum Gasteiger partial charge on any atom is -0.467 e. The average Bonchev–Trinajstić information content (AvgIpc) is 2.56. The van der Waals surface area contributed by atoms with Crippen molar-refractivity contribution in [2.75, 3.05) is 20.2 Å². The zero-order chi connectivity index (χ0) is 18.1. The smallest absolute Gasteiger partial charge is 0.342 e. The second kappa shape index (κ2) is 6.98. The number of nitriles is 1. The molecule has 0 amide bonds. The average molecular weight is 370 g/mol. The number of halogens is 2. The van der Waals surface area contributed by atoms with Crippen molar-refractivity contribution in [3.05, 3.63) is 33.1 Å². The summed E-state index contributed by atoms with van der Waals surface area (Å²) >= 11 is 12.2. The predicted molar refractivity (Wildman–Crippen MR) is 90.2 cm³/mol. The first-order valence-electron chi connectivity index (χ1n) is 7.39. The Morgan fingerprint density at radius 1 is 1.50 bits per heavy atom. The summed E-state index contributed by atoms with van der Waals surface area (Å²) in [5, 5.41) is 20.6. The van der Waals surface area contributed by atoms with Gasteiger partial charge in [0.05, 0.1) is 24.4 Å². The molecule has 8 heteroatoms. The van der Waals surface area contributed by atoms with Gasteiger partial charge in [-0.25, -0.2) is 9.78 Å². The van der Waals surface area contributed by atoms with Crippen molar-refractivity contribution in [1.82, 2.24) is 9.88 Å².